The van der Waals surface area contributed by atoms with E-state index >= 15 is 0 Å². The lowest BCUT2D eigenvalue weighted by atomic mass is 10.1. The third kappa shape index (κ3) is 3.63. The highest BCUT2D eigenvalue weighted by atomic mass is 16.3. The summed E-state index contributed by atoms with van der Waals surface area (Å²) >= 11 is 0. The molecule has 1 aliphatic rings. The summed E-state index contributed by atoms with van der Waals surface area (Å²) in [6, 6.07) is 0.535. The highest BCUT2D eigenvalue weighted by molar-refractivity contribution is 4.82. The topological polar surface area (TPSA) is 52.5 Å². The Hall–Kier alpha value is -0.120. The fourth-order valence-electron chi connectivity index (χ4n) is 1.81. The number of hydrogen-bond donors (Lipinski definition) is 3. The van der Waals surface area contributed by atoms with Gasteiger partial charge in [-0.05, 0) is 32.1 Å². The molecule has 0 amide bonds. The first-order valence-corrected chi connectivity index (χ1v) is 5.10. The molecule has 13 heavy (non-hydrogen) atoms. The number of aliphatic hydroxyl groups excluding tert-OH is 1. The predicted octanol–water partition coefficient (Wildman–Crippen LogP) is 0.508. The molecule has 0 aromatic heterocycles. The van der Waals surface area contributed by atoms with Crippen LogP contribution in [0.1, 0.15) is 33.1 Å². The Balaban J connectivity index is 2.19. The van der Waals surface area contributed by atoms with Crippen molar-refractivity contribution in [3.8, 4) is 0 Å². The molecule has 0 aromatic carbocycles. The van der Waals surface area contributed by atoms with Crippen molar-refractivity contribution in [2.24, 2.45) is 5.92 Å². The van der Waals surface area contributed by atoms with Crippen molar-refractivity contribution in [2.75, 3.05) is 13.2 Å². The molecule has 3 unspecified atom stereocenters. The number of aliphatic hydroxyl groups is 2. The van der Waals surface area contributed by atoms with Gasteiger partial charge in [0.1, 0.15) is 0 Å². The third-order valence-electron chi connectivity index (χ3n) is 2.81. The second-order valence-corrected chi connectivity index (χ2v) is 4.65. The molecule has 0 radical (unpaired) electrons. The van der Waals surface area contributed by atoms with Gasteiger partial charge >= 0.3 is 0 Å². The van der Waals surface area contributed by atoms with Gasteiger partial charge in [0.05, 0.1) is 12.2 Å². The van der Waals surface area contributed by atoms with Crippen LogP contribution in [0.15, 0.2) is 0 Å². The molecule has 3 heteroatoms. The quantitative estimate of drug-likeness (QED) is 0.601. The summed E-state index contributed by atoms with van der Waals surface area (Å²) in [4.78, 5) is 0. The van der Waals surface area contributed by atoms with Crippen LogP contribution in [0, 0.1) is 5.92 Å². The molecule has 1 fully saturated rings. The molecule has 1 rings (SSSR count). The van der Waals surface area contributed by atoms with E-state index in [4.69, 9.17) is 5.11 Å². The van der Waals surface area contributed by atoms with Gasteiger partial charge in [0.15, 0.2) is 0 Å². The average Bonchev–Trinajstić information content (AvgIpc) is 2.48. The van der Waals surface area contributed by atoms with Crippen LogP contribution in [0.2, 0.25) is 0 Å². The van der Waals surface area contributed by atoms with Crippen LogP contribution >= 0.6 is 0 Å². The smallest absolute Gasteiger partial charge is 0.0972 e. The lowest BCUT2D eigenvalue weighted by Crippen LogP contribution is -2.44. The van der Waals surface area contributed by atoms with Crippen molar-refractivity contribution in [1.29, 1.82) is 0 Å². The Kier molecular flexibility index (Phi) is 3.71. The zero-order valence-corrected chi connectivity index (χ0v) is 8.58. The lowest BCUT2D eigenvalue weighted by Gasteiger charge is -2.23. The minimum absolute atomic E-state index is 0.178. The van der Waals surface area contributed by atoms with Crippen LogP contribution in [0.3, 0.4) is 0 Å². The van der Waals surface area contributed by atoms with Gasteiger partial charge < -0.3 is 15.5 Å². The van der Waals surface area contributed by atoms with Gasteiger partial charge in [-0.1, -0.05) is 6.92 Å². The van der Waals surface area contributed by atoms with Crippen molar-refractivity contribution >= 4 is 0 Å². The first-order chi connectivity index (χ1) is 6.03. The lowest BCUT2D eigenvalue weighted by molar-refractivity contribution is 0.000812. The molecule has 1 saturated carbocycles. The minimum Gasteiger partial charge on any atom is -0.393 e. The highest BCUT2D eigenvalue weighted by Gasteiger charge is 2.24. The largest absolute Gasteiger partial charge is 0.393 e. The first kappa shape index (κ1) is 11.0. The van der Waals surface area contributed by atoms with E-state index in [1.54, 1.807) is 6.92 Å². The van der Waals surface area contributed by atoms with E-state index in [9.17, 15) is 5.11 Å². The maximum Gasteiger partial charge on any atom is 0.0972 e. The maximum absolute atomic E-state index is 9.54. The molecule has 3 atom stereocenters. The van der Waals surface area contributed by atoms with Crippen molar-refractivity contribution in [3.63, 3.8) is 0 Å². The first-order valence-electron chi connectivity index (χ1n) is 5.10. The molecular weight excluding hydrogens is 166 g/mol. The summed E-state index contributed by atoms with van der Waals surface area (Å²) < 4.78 is 0. The van der Waals surface area contributed by atoms with Crippen LogP contribution in [0.5, 0.6) is 0 Å². The molecule has 0 saturated heterocycles. The Labute approximate surface area is 80.2 Å². The Morgan fingerprint density at radius 2 is 2.15 bits per heavy atom. The maximum atomic E-state index is 9.54. The van der Waals surface area contributed by atoms with Crippen LogP contribution in [0.25, 0.3) is 0 Å². The van der Waals surface area contributed by atoms with E-state index in [1.165, 1.54) is 19.3 Å². The van der Waals surface area contributed by atoms with E-state index in [2.05, 4.69) is 12.2 Å². The fraction of sp³-hybridized carbons (Fsp3) is 1.00. The number of rotatable bonds is 4. The molecule has 78 valence electrons. The van der Waals surface area contributed by atoms with Gasteiger partial charge in [-0.2, -0.15) is 0 Å². The van der Waals surface area contributed by atoms with Gasteiger partial charge in [-0.25, -0.2) is 0 Å². The van der Waals surface area contributed by atoms with Crippen LogP contribution in [0.4, 0.5) is 0 Å². The van der Waals surface area contributed by atoms with E-state index < -0.39 is 5.60 Å². The zero-order valence-electron chi connectivity index (χ0n) is 8.58. The molecular formula is C10H21NO2. The van der Waals surface area contributed by atoms with Crippen molar-refractivity contribution in [1.82, 2.24) is 5.32 Å². The number of nitrogens with one attached hydrogen (secondary N) is 1. The number of hydrogen-bond acceptors (Lipinski definition) is 3. The van der Waals surface area contributed by atoms with Crippen LogP contribution in [-0.4, -0.2) is 35.0 Å². The van der Waals surface area contributed by atoms with Gasteiger partial charge in [-0.3, -0.25) is 0 Å². The fourth-order valence-corrected chi connectivity index (χ4v) is 1.81. The summed E-state index contributed by atoms with van der Waals surface area (Å²) in [6.07, 6.45) is 3.67. The van der Waals surface area contributed by atoms with Crippen molar-refractivity contribution in [2.45, 2.75) is 44.8 Å². The second-order valence-electron chi connectivity index (χ2n) is 4.65. The van der Waals surface area contributed by atoms with Crippen LogP contribution < -0.4 is 5.32 Å². The zero-order chi connectivity index (χ0) is 9.90. The van der Waals surface area contributed by atoms with E-state index in [0.717, 1.165) is 5.92 Å². The summed E-state index contributed by atoms with van der Waals surface area (Å²) in [5, 5.41) is 21.7. The van der Waals surface area contributed by atoms with E-state index in [-0.39, 0.29) is 6.61 Å². The van der Waals surface area contributed by atoms with Crippen molar-refractivity contribution < 1.29 is 10.2 Å². The van der Waals surface area contributed by atoms with Gasteiger partial charge in [0.25, 0.3) is 0 Å². The molecule has 0 aliphatic heterocycles. The van der Waals surface area contributed by atoms with Gasteiger partial charge in [0, 0.05) is 12.6 Å². The molecule has 3 N–H and O–H groups in total. The summed E-state index contributed by atoms with van der Waals surface area (Å²) in [5.41, 5.74) is -0.966. The predicted molar refractivity (Wildman–Crippen MR) is 52.5 cm³/mol. The summed E-state index contributed by atoms with van der Waals surface area (Å²) in [6.45, 7) is 4.22. The second kappa shape index (κ2) is 4.40. The highest BCUT2D eigenvalue weighted by Crippen LogP contribution is 2.24. The molecule has 0 aromatic rings. The van der Waals surface area contributed by atoms with E-state index in [1.807, 2.05) is 0 Å². The SMILES string of the molecule is CC1CCC(NCC(C)(O)CO)C1. The molecule has 3 nitrogen and oxygen atoms in total. The van der Waals surface area contributed by atoms with Gasteiger partial charge in [-0.15, -0.1) is 0 Å². The standard InChI is InChI=1S/C10H21NO2/c1-8-3-4-9(5-8)11-6-10(2,13)7-12/h8-9,11-13H,3-7H2,1-2H3. The van der Waals surface area contributed by atoms with Gasteiger partial charge in [0.2, 0.25) is 0 Å². The molecule has 0 bridgehead atoms. The summed E-state index contributed by atoms with van der Waals surface area (Å²) in [5.74, 6) is 0.802. The minimum atomic E-state index is -0.966. The Bertz CT molecular complexity index is 159. The summed E-state index contributed by atoms with van der Waals surface area (Å²) in [7, 11) is 0. The van der Waals surface area contributed by atoms with Crippen molar-refractivity contribution in [3.05, 3.63) is 0 Å². The molecule has 0 spiro atoms. The van der Waals surface area contributed by atoms with E-state index in [0.29, 0.717) is 12.6 Å². The van der Waals surface area contributed by atoms with Crippen LogP contribution in [-0.2, 0) is 0 Å². The molecule has 0 heterocycles. The Morgan fingerprint density at radius 1 is 1.46 bits per heavy atom. The average molecular weight is 187 g/mol. The normalized spacial score (nSPS) is 33.2. The molecule has 1 aliphatic carbocycles. The Morgan fingerprint density at radius 3 is 2.62 bits per heavy atom. The monoisotopic (exact) mass is 187 g/mol. The third-order valence-corrected chi connectivity index (χ3v) is 2.81.